The van der Waals surface area contributed by atoms with Gasteiger partial charge in [-0.1, -0.05) is 11.6 Å². The maximum atomic E-state index is 12.7. The van der Waals surface area contributed by atoms with Crippen molar-refractivity contribution in [2.75, 3.05) is 19.5 Å². The molecule has 0 aromatic heterocycles. The van der Waals surface area contributed by atoms with Gasteiger partial charge in [0.05, 0.1) is 10.6 Å². The number of carbonyl (C=O) groups is 1. The summed E-state index contributed by atoms with van der Waals surface area (Å²) in [6.45, 7) is 0.425. The lowest BCUT2D eigenvalue weighted by molar-refractivity contribution is 0.0803. The third-order valence-corrected chi connectivity index (χ3v) is 2.41. The second kappa shape index (κ2) is 5.33. The molecule has 1 aromatic rings. The van der Waals surface area contributed by atoms with Gasteiger partial charge in [0.2, 0.25) is 0 Å². The number of benzene rings is 1. The van der Waals surface area contributed by atoms with Gasteiger partial charge in [0, 0.05) is 19.5 Å². The first-order chi connectivity index (χ1) is 7.06. The summed E-state index contributed by atoms with van der Waals surface area (Å²) in [5.74, 6) is -0.377. The summed E-state index contributed by atoms with van der Waals surface area (Å²) in [5, 5.41) is 0.112. The molecule has 0 spiro atoms. The Hall–Kier alpha value is -0.800. The van der Waals surface area contributed by atoms with Crippen molar-refractivity contribution >= 4 is 29.1 Å². The van der Waals surface area contributed by atoms with E-state index in [0.29, 0.717) is 12.4 Å². The third-order valence-electron chi connectivity index (χ3n) is 1.93. The average molecular weight is 250 g/mol. The number of carbonyl (C=O) groups excluding carboxylic acids is 1. The topological polar surface area (TPSA) is 20.3 Å². The minimum Gasteiger partial charge on any atom is -0.340 e. The molecule has 0 atom stereocenters. The van der Waals surface area contributed by atoms with Crippen molar-refractivity contribution in [3.8, 4) is 0 Å². The Morgan fingerprint density at radius 1 is 1.53 bits per heavy atom. The molecule has 0 aliphatic carbocycles. The van der Waals surface area contributed by atoms with Crippen molar-refractivity contribution in [3.05, 3.63) is 34.6 Å². The van der Waals surface area contributed by atoms with Gasteiger partial charge in [0.25, 0.3) is 5.91 Å². The molecule has 0 heterocycles. The van der Waals surface area contributed by atoms with Crippen LogP contribution in [0, 0.1) is 5.82 Å². The molecule has 1 amide bonds. The Kier molecular flexibility index (Phi) is 4.36. The van der Waals surface area contributed by atoms with Crippen LogP contribution in [0.25, 0.3) is 0 Å². The summed E-state index contributed by atoms with van der Waals surface area (Å²) < 4.78 is 12.7. The monoisotopic (exact) mass is 249 g/mol. The summed E-state index contributed by atoms with van der Waals surface area (Å²) in [6.07, 6.45) is 0. The first-order valence-electron chi connectivity index (χ1n) is 4.32. The van der Waals surface area contributed by atoms with Crippen LogP contribution in [0.4, 0.5) is 4.39 Å². The van der Waals surface area contributed by atoms with Crippen LogP contribution in [0.5, 0.6) is 0 Å². The van der Waals surface area contributed by atoms with E-state index in [1.807, 2.05) is 0 Å². The number of hydrogen-bond donors (Lipinski definition) is 0. The van der Waals surface area contributed by atoms with Crippen LogP contribution in [0.3, 0.4) is 0 Å². The van der Waals surface area contributed by atoms with Crippen LogP contribution in [0.2, 0.25) is 5.02 Å². The van der Waals surface area contributed by atoms with Crippen LogP contribution in [0.15, 0.2) is 18.2 Å². The molecule has 1 rings (SSSR count). The molecular formula is C10H10Cl2FNO. The highest BCUT2D eigenvalue weighted by atomic mass is 35.5. The molecule has 0 aliphatic heterocycles. The molecule has 15 heavy (non-hydrogen) atoms. The number of amides is 1. The zero-order valence-electron chi connectivity index (χ0n) is 8.14. The first kappa shape index (κ1) is 12.3. The maximum absolute atomic E-state index is 12.7. The molecule has 5 heteroatoms. The minimum absolute atomic E-state index is 0.112. The van der Waals surface area contributed by atoms with Gasteiger partial charge >= 0.3 is 0 Å². The van der Waals surface area contributed by atoms with Gasteiger partial charge in [-0.25, -0.2) is 4.39 Å². The number of rotatable bonds is 3. The van der Waals surface area contributed by atoms with Crippen molar-refractivity contribution in [1.82, 2.24) is 4.90 Å². The number of alkyl halides is 1. The van der Waals surface area contributed by atoms with Crippen molar-refractivity contribution in [3.63, 3.8) is 0 Å². The van der Waals surface area contributed by atoms with Crippen LogP contribution >= 0.6 is 23.2 Å². The van der Waals surface area contributed by atoms with Crippen LogP contribution in [-0.2, 0) is 0 Å². The zero-order chi connectivity index (χ0) is 11.4. The molecule has 0 aliphatic rings. The second-order valence-corrected chi connectivity index (χ2v) is 3.83. The zero-order valence-corrected chi connectivity index (χ0v) is 9.65. The van der Waals surface area contributed by atoms with Gasteiger partial charge in [-0.2, -0.15) is 0 Å². The second-order valence-electron chi connectivity index (χ2n) is 3.04. The van der Waals surface area contributed by atoms with Crippen LogP contribution in [0.1, 0.15) is 10.4 Å². The van der Waals surface area contributed by atoms with E-state index in [1.54, 1.807) is 7.05 Å². The summed E-state index contributed by atoms with van der Waals surface area (Å²) >= 11 is 11.3. The first-order valence-corrected chi connectivity index (χ1v) is 5.24. The highest BCUT2D eigenvalue weighted by Gasteiger charge is 2.14. The fraction of sp³-hybridized carbons (Fsp3) is 0.300. The Labute approximate surface area is 97.6 Å². The molecule has 0 unspecified atom stereocenters. The Balaban J connectivity index is 2.91. The summed E-state index contributed by atoms with van der Waals surface area (Å²) in [5.41, 5.74) is 0.283. The maximum Gasteiger partial charge on any atom is 0.255 e. The van der Waals surface area contributed by atoms with E-state index >= 15 is 0 Å². The lowest BCUT2D eigenvalue weighted by Crippen LogP contribution is -2.28. The predicted octanol–water partition coefficient (Wildman–Crippen LogP) is 2.79. The van der Waals surface area contributed by atoms with E-state index < -0.39 is 5.82 Å². The Morgan fingerprint density at radius 3 is 2.73 bits per heavy atom. The van der Waals surface area contributed by atoms with Gasteiger partial charge in [-0.05, 0) is 18.2 Å². The summed E-state index contributed by atoms with van der Waals surface area (Å²) in [4.78, 5) is 13.2. The van der Waals surface area contributed by atoms with Gasteiger partial charge in [-0.3, -0.25) is 4.79 Å². The molecule has 2 nitrogen and oxygen atoms in total. The molecule has 0 N–H and O–H groups in total. The largest absolute Gasteiger partial charge is 0.340 e. The van der Waals surface area contributed by atoms with E-state index in [9.17, 15) is 9.18 Å². The number of nitrogens with zero attached hydrogens (tertiary/aromatic N) is 1. The molecule has 0 fully saturated rings. The number of halogens is 3. The predicted molar refractivity (Wildman–Crippen MR) is 59.1 cm³/mol. The van der Waals surface area contributed by atoms with E-state index in [2.05, 4.69) is 0 Å². The molecule has 0 radical (unpaired) electrons. The van der Waals surface area contributed by atoms with Crippen molar-refractivity contribution in [2.24, 2.45) is 0 Å². The lowest BCUT2D eigenvalue weighted by Gasteiger charge is -2.16. The number of hydrogen-bond acceptors (Lipinski definition) is 1. The van der Waals surface area contributed by atoms with Crippen molar-refractivity contribution in [2.45, 2.75) is 0 Å². The standard InChI is InChI=1S/C10H10Cl2FNO/c1-14(5-4-11)10(15)8-3-2-7(13)6-9(8)12/h2-3,6H,4-5H2,1H3. The van der Waals surface area contributed by atoms with E-state index in [4.69, 9.17) is 23.2 Å². The van der Waals surface area contributed by atoms with Gasteiger partial charge in [0.1, 0.15) is 5.82 Å². The highest BCUT2D eigenvalue weighted by Crippen LogP contribution is 2.18. The van der Waals surface area contributed by atoms with Gasteiger partial charge in [0.15, 0.2) is 0 Å². The average Bonchev–Trinajstić information content (AvgIpc) is 2.17. The van der Waals surface area contributed by atoms with Crippen LogP contribution in [-0.4, -0.2) is 30.3 Å². The van der Waals surface area contributed by atoms with E-state index in [0.717, 1.165) is 6.07 Å². The van der Waals surface area contributed by atoms with Gasteiger partial charge < -0.3 is 4.90 Å². The minimum atomic E-state index is -0.462. The quantitative estimate of drug-likeness (QED) is 0.755. The molecule has 1 aromatic carbocycles. The highest BCUT2D eigenvalue weighted by molar-refractivity contribution is 6.33. The molecule has 82 valence electrons. The summed E-state index contributed by atoms with van der Waals surface area (Å²) in [6, 6.07) is 3.68. The van der Waals surface area contributed by atoms with Gasteiger partial charge in [-0.15, -0.1) is 11.6 Å². The summed E-state index contributed by atoms with van der Waals surface area (Å²) in [7, 11) is 1.62. The smallest absolute Gasteiger partial charge is 0.255 e. The third kappa shape index (κ3) is 3.08. The fourth-order valence-corrected chi connectivity index (χ4v) is 1.60. The molecule has 0 saturated carbocycles. The molecule has 0 saturated heterocycles. The van der Waals surface area contributed by atoms with Crippen molar-refractivity contribution in [1.29, 1.82) is 0 Å². The SMILES string of the molecule is CN(CCCl)C(=O)c1ccc(F)cc1Cl. The Morgan fingerprint density at radius 2 is 2.20 bits per heavy atom. The van der Waals surface area contributed by atoms with E-state index in [-0.39, 0.29) is 16.5 Å². The van der Waals surface area contributed by atoms with Crippen LogP contribution < -0.4 is 0 Å². The molecular weight excluding hydrogens is 240 g/mol. The Bertz CT molecular complexity index is 370. The molecule has 0 bridgehead atoms. The normalized spacial score (nSPS) is 10.1. The lowest BCUT2D eigenvalue weighted by atomic mass is 10.2. The van der Waals surface area contributed by atoms with E-state index in [1.165, 1.54) is 17.0 Å². The van der Waals surface area contributed by atoms with Crippen molar-refractivity contribution < 1.29 is 9.18 Å². The fourth-order valence-electron chi connectivity index (χ4n) is 1.10.